The lowest BCUT2D eigenvalue weighted by atomic mass is 10.1. The van der Waals surface area contributed by atoms with E-state index in [9.17, 15) is 24.4 Å². The topological polar surface area (TPSA) is 132 Å². The van der Waals surface area contributed by atoms with Gasteiger partial charge in [0.1, 0.15) is 23.7 Å². The van der Waals surface area contributed by atoms with Crippen molar-refractivity contribution in [1.82, 2.24) is 20.4 Å². The van der Waals surface area contributed by atoms with E-state index in [0.29, 0.717) is 38.8 Å². The molecular formula is C22H33N5O5. The van der Waals surface area contributed by atoms with Gasteiger partial charge < -0.3 is 20.3 Å². The molecule has 32 heavy (non-hydrogen) atoms. The van der Waals surface area contributed by atoms with Crippen LogP contribution in [0.4, 0.5) is 4.79 Å². The van der Waals surface area contributed by atoms with Crippen LogP contribution in [-0.2, 0) is 19.1 Å². The Morgan fingerprint density at radius 2 is 1.72 bits per heavy atom. The van der Waals surface area contributed by atoms with Gasteiger partial charge in [0.05, 0.1) is 6.07 Å². The lowest BCUT2D eigenvalue weighted by Gasteiger charge is -2.30. The van der Waals surface area contributed by atoms with Gasteiger partial charge in [0.2, 0.25) is 17.7 Å². The first-order valence-electron chi connectivity index (χ1n) is 11.3. The smallest absolute Gasteiger partial charge is 0.410 e. The molecule has 0 radical (unpaired) electrons. The van der Waals surface area contributed by atoms with Crippen molar-refractivity contribution in [2.75, 3.05) is 20.1 Å². The minimum Gasteiger partial charge on any atom is -0.444 e. The van der Waals surface area contributed by atoms with E-state index in [1.165, 1.54) is 16.8 Å². The summed E-state index contributed by atoms with van der Waals surface area (Å²) in [6.45, 7) is 6.14. The summed E-state index contributed by atoms with van der Waals surface area (Å²) < 4.78 is 5.43. The van der Waals surface area contributed by atoms with E-state index in [2.05, 4.69) is 16.7 Å². The minimum absolute atomic E-state index is 0.170. The monoisotopic (exact) mass is 447 g/mol. The van der Waals surface area contributed by atoms with Crippen LogP contribution in [0.2, 0.25) is 0 Å². The Balaban J connectivity index is 1.75. The second-order valence-corrected chi connectivity index (χ2v) is 9.76. The molecule has 1 saturated carbocycles. The number of hydrogen-bond acceptors (Lipinski definition) is 6. The first-order chi connectivity index (χ1) is 15.1. The zero-order valence-corrected chi connectivity index (χ0v) is 19.2. The molecule has 0 aromatic rings. The molecule has 3 rings (SSSR count). The molecule has 5 atom stereocenters. The number of carbonyl (C=O) groups excluding carboxylic acids is 4. The molecule has 2 saturated heterocycles. The summed E-state index contributed by atoms with van der Waals surface area (Å²) in [4.78, 5) is 54.1. The van der Waals surface area contributed by atoms with Crippen molar-refractivity contribution in [2.24, 2.45) is 11.8 Å². The normalized spacial score (nSPS) is 28.0. The number of nitriles is 1. The summed E-state index contributed by atoms with van der Waals surface area (Å²) in [6.07, 6.45) is 2.38. The summed E-state index contributed by atoms with van der Waals surface area (Å²) in [5.41, 5.74) is -0.685. The number of nitrogens with zero attached hydrogens (tertiary/aromatic N) is 3. The molecule has 10 nitrogen and oxygen atoms in total. The number of carbonyl (C=O) groups is 4. The van der Waals surface area contributed by atoms with Gasteiger partial charge in [-0.2, -0.15) is 5.26 Å². The first-order valence-corrected chi connectivity index (χ1v) is 11.3. The summed E-state index contributed by atoms with van der Waals surface area (Å²) in [5.74, 6) is -1.62. The van der Waals surface area contributed by atoms with Gasteiger partial charge >= 0.3 is 6.09 Å². The number of amides is 4. The molecule has 10 heteroatoms. The molecule has 0 bridgehead atoms. The van der Waals surface area contributed by atoms with E-state index >= 15 is 0 Å². The maximum Gasteiger partial charge on any atom is 0.410 e. The third-order valence-corrected chi connectivity index (χ3v) is 6.28. The van der Waals surface area contributed by atoms with Gasteiger partial charge in [-0.3, -0.25) is 19.3 Å². The maximum absolute atomic E-state index is 13.3. The van der Waals surface area contributed by atoms with Crippen molar-refractivity contribution in [2.45, 2.75) is 76.6 Å². The second-order valence-electron chi connectivity index (χ2n) is 9.76. The predicted octanol–water partition coefficient (Wildman–Crippen LogP) is 0.767. The van der Waals surface area contributed by atoms with E-state index in [-0.39, 0.29) is 23.7 Å². The Labute approximate surface area is 188 Å². The molecular weight excluding hydrogens is 414 g/mol. The van der Waals surface area contributed by atoms with Crippen molar-refractivity contribution in [1.29, 1.82) is 5.26 Å². The second kappa shape index (κ2) is 9.35. The Hall–Kier alpha value is -2.83. The van der Waals surface area contributed by atoms with Crippen LogP contribution in [-0.4, -0.2) is 77.5 Å². The molecule has 1 aliphatic carbocycles. The van der Waals surface area contributed by atoms with E-state index in [0.717, 1.165) is 6.42 Å². The van der Waals surface area contributed by atoms with Gasteiger partial charge in [0.25, 0.3) is 0 Å². The van der Waals surface area contributed by atoms with Crippen LogP contribution in [0.25, 0.3) is 0 Å². The molecule has 2 N–H and O–H groups in total. The summed E-state index contributed by atoms with van der Waals surface area (Å²) in [6, 6.07) is -0.0107. The third-order valence-electron chi connectivity index (χ3n) is 6.28. The lowest BCUT2D eigenvalue weighted by Crippen LogP contribution is -2.56. The molecule has 0 aromatic carbocycles. The van der Waals surface area contributed by atoms with Crippen molar-refractivity contribution >= 4 is 23.8 Å². The van der Waals surface area contributed by atoms with E-state index in [4.69, 9.17) is 4.74 Å². The van der Waals surface area contributed by atoms with Crippen LogP contribution in [0.15, 0.2) is 0 Å². The van der Waals surface area contributed by atoms with Gasteiger partial charge in [-0.15, -0.1) is 0 Å². The van der Waals surface area contributed by atoms with E-state index < -0.39 is 35.7 Å². The Kier molecular flexibility index (Phi) is 6.96. The van der Waals surface area contributed by atoms with Crippen molar-refractivity contribution < 1.29 is 23.9 Å². The fourth-order valence-electron chi connectivity index (χ4n) is 4.59. The third kappa shape index (κ3) is 5.14. The lowest BCUT2D eigenvalue weighted by molar-refractivity contribution is -0.138. The summed E-state index contributed by atoms with van der Waals surface area (Å²) in [7, 11) is 1.54. The number of rotatable bonds is 5. The van der Waals surface area contributed by atoms with Crippen LogP contribution in [0.3, 0.4) is 0 Å². The van der Waals surface area contributed by atoms with Crippen LogP contribution in [0, 0.1) is 23.2 Å². The molecule has 3 aliphatic rings. The molecule has 3 fully saturated rings. The highest BCUT2D eigenvalue weighted by molar-refractivity contribution is 5.93. The Morgan fingerprint density at radius 3 is 2.34 bits per heavy atom. The largest absolute Gasteiger partial charge is 0.444 e. The predicted molar refractivity (Wildman–Crippen MR) is 114 cm³/mol. The number of ether oxygens (including phenoxy) is 1. The highest BCUT2D eigenvalue weighted by atomic mass is 16.6. The standard InChI is InChI=1S/C22H33N5O5/c1-22(2,3)32-21(31)27-10-6-8-16(27)19(29)25-17(14-11-15(14)18(28)24-4)20(30)26-9-5-7-13(26)12-23/h13-17H,5-11H2,1-4H3,(H,24,28)(H,25,29)/t13-,14?,15?,16-,17?/m0/s1. The highest BCUT2D eigenvalue weighted by Gasteiger charge is 2.53. The van der Waals surface area contributed by atoms with Crippen LogP contribution in [0.5, 0.6) is 0 Å². The highest BCUT2D eigenvalue weighted by Crippen LogP contribution is 2.42. The number of hydrogen-bond donors (Lipinski definition) is 2. The number of likely N-dealkylation sites (tertiary alicyclic amines) is 2. The zero-order chi connectivity index (χ0) is 23.6. The van der Waals surface area contributed by atoms with Gasteiger partial charge in [-0.25, -0.2) is 4.79 Å². The minimum atomic E-state index is -0.903. The molecule has 3 unspecified atom stereocenters. The zero-order valence-electron chi connectivity index (χ0n) is 19.2. The van der Waals surface area contributed by atoms with Crippen molar-refractivity contribution in [3.8, 4) is 6.07 Å². The Morgan fingerprint density at radius 1 is 1.06 bits per heavy atom. The van der Waals surface area contributed by atoms with Crippen LogP contribution in [0.1, 0.15) is 52.9 Å². The van der Waals surface area contributed by atoms with E-state index in [1.807, 2.05) is 0 Å². The fourth-order valence-corrected chi connectivity index (χ4v) is 4.59. The molecule has 0 aromatic heterocycles. The van der Waals surface area contributed by atoms with Gasteiger partial charge in [-0.05, 0) is 52.9 Å². The van der Waals surface area contributed by atoms with Gasteiger partial charge in [0.15, 0.2) is 0 Å². The SMILES string of the molecule is CNC(=O)C1CC1C(NC(=O)[C@@H]1CCCN1C(=O)OC(C)(C)C)C(=O)N1CCC[C@H]1C#N. The average molecular weight is 448 g/mol. The number of nitrogens with one attached hydrogen (secondary N) is 2. The van der Waals surface area contributed by atoms with Crippen molar-refractivity contribution in [3.05, 3.63) is 0 Å². The first kappa shape index (κ1) is 23.8. The van der Waals surface area contributed by atoms with Crippen LogP contribution < -0.4 is 10.6 Å². The molecule has 4 amide bonds. The fraction of sp³-hybridized carbons (Fsp3) is 0.773. The average Bonchev–Trinajstić information content (AvgIpc) is 3.15. The van der Waals surface area contributed by atoms with Crippen LogP contribution >= 0.6 is 0 Å². The Bertz CT molecular complexity index is 817. The van der Waals surface area contributed by atoms with Gasteiger partial charge in [0, 0.05) is 32.0 Å². The van der Waals surface area contributed by atoms with Gasteiger partial charge in [-0.1, -0.05) is 0 Å². The molecule has 0 spiro atoms. The molecule has 2 aliphatic heterocycles. The van der Waals surface area contributed by atoms with E-state index in [1.54, 1.807) is 20.8 Å². The summed E-state index contributed by atoms with van der Waals surface area (Å²) >= 11 is 0. The summed E-state index contributed by atoms with van der Waals surface area (Å²) in [5, 5.41) is 14.8. The van der Waals surface area contributed by atoms with Crippen molar-refractivity contribution in [3.63, 3.8) is 0 Å². The molecule has 2 heterocycles. The molecule has 176 valence electrons. The maximum atomic E-state index is 13.3. The quantitative estimate of drug-likeness (QED) is 0.640.